The van der Waals surface area contributed by atoms with Crippen molar-refractivity contribution in [3.8, 4) is 0 Å². The molecule has 0 aromatic carbocycles. The Balaban J connectivity index is 2.13. The van der Waals surface area contributed by atoms with E-state index in [0.717, 1.165) is 32.0 Å². The van der Waals surface area contributed by atoms with E-state index in [-0.39, 0.29) is 11.9 Å². The van der Waals surface area contributed by atoms with Gasteiger partial charge in [-0.3, -0.25) is 4.79 Å². The third-order valence-corrected chi connectivity index (χ3v) is 3.72. The molecular formula is C12H19NO2. The fraction of sp³-hybridized carbons (Fsp3) is 0.833. The topological polar surface area (TPSA) is 37.4 Å². The molecule has 0 spiro atoms. The van der Waals surface area contributed by atoms with Crippen LogP contribution in [0.25, 0.3) is 0 Å². The van der Waals surface area contributed by atoms with E-state index in [1.54, 1.807) is 0 Å². The van der Waals surface area contributed by atoms with Gasteiger partial charge in [-0.15, -0.1) is 0 Å². The van der Waals surface area contributed by atoms with Gasteiger partial charge in [0.15, 0.2) is 0 Å². The van der Waals surface area contributed by atoms with Crippen LogP contribution in [-0.2, 0) is 9.59 Å². The highest BCUT2D eigenvalue weighted by molar-refractivity contribution is 5.78. The van der Waals surface area contributed by atoms with Gasteiger partial charge in [-0.05, 0) is 31.6 Å². The quantitative estimate of drug-likeness (QED) is 0.650. The second-order valence-corrected chi connectivity index (χ2v) is 4.98. The maximum atomic E-state index is 11.8. The Morgan fingerprint density at radius 3 is 3.00 bits per heavy atom. The van der Waals surface area contributed by atoms with Gasteiger partial charge < -0.3 is 9.69 Å². The molecule has 0 aromatic rings. The molecule has 0 radical (unpaired) electrons. The minimum Gasteiger partial charge on any atom is -0.336 e. The highest BCUT2D eigenvalue weighted by atomic mass is 16.2. The number of piperidine rings is 2. The second kappa shape index (κ2) is 4.33. The summed E-state index contributed by atoms with van der Waals surface area (Å²) in [5, 5.41) is 0. The number of rotatable bonds is 2. The van der Waals surface area contributed by atoms with Crippen LogP contribution in [-0.4, -0.2) is 29.2 Å². The lowest BCUT2D eigenvalue weighted by molar-refractivity contribution is -0.143. The van der Waals surface area contributed by atoms with Crippen molar-refractivity contribution in [2.45, 2.75) is 57.5 Å². The fourth-order valence-electron chi connectivity index (χ4n) is 3.15. The molecule has 2 heterocycles. The Hall–Kier alpha value is -0.860. The summed E-state index contributed by atoms with van der Waals surface area (Å²) in [6, 6.07) is 0.601. The van der Waals surface area contributed by atoms with Crippen molar-refractivity contribution >= 4 is 12.2 Å². The first-order valence-electron chi connectivity index (χ1n) is 5.97. The van der Waals surface area contributed by atoms with Crippen LogP contribution in [0.2, 0.25) is 0 Å². The Bertz CT molecular complexity index is 264. The van der Waals surface area contributed by atoms with Gasteiger partial charge in [0.05, 0.1) is 0 Å². The Labute approximate surface area is 90.8 Å². The van der Waals surface area contributed by atoms with E-state index >= 15 is 0 Å². The number of fused-ring (bicyclic) bond motifs is 1. The molecule has 2 aliphatic heterocycles. The van der Waals surface area contributed by atoms with Crippen molar-refractivity contribution in [2.24, 2.45) is 5.92 Å². The Morgan fingerprint density at radius 1 is 1.47 bits per heavy atom. The van der Waals surface area contributed by atoms with E-state index in [2.05, 4.69) is 6.92 Å². The summed E-state index contributed by atoms with van der Waals surface area (Å²) in [4.78, 5) is 24.5. The molecule has 2 rings (SSSR count). The minimum absolute atomic E-state index is 0.184. The molecule has 0 N–H and O–H groups in total. The lowest BCUT2D eigenvalue weighted by atomic mass is 9.82. The van der Waals surface area contributed by atoms with E-state index in [9.17, 15) is 9.59 Å². The number of hydrogen-bond donors (Lipinski definition) is 0. The predicted molar refractivity (Wildman–Crippen MR) is 57.4 cm³/mol. The first-order valence-corrected chi connectivity index (χ1v) is 5.97. The summed E-state index contributed by atoms with van der Waals surface area (Å²) in [6.45, 7) is 2.23. The number of amides is 1. The van der Waals surface area contributed by atoms with E-state index in [1.807, 2.05) is 4.90 Å². The molecule has 0 aromatic heterocycles. The van der Waals surface area contributed by atoms with Crippen LogP contribution in [0.15, 0.2) is 0 Å². The molecule has 0 unspecified atom stereocenters. The smallest absolute Gasteiger partial charge is 0.223 e. The molecule has 15 heavy (non-hydrogen) atoms. The summed E-state index contributed by atoms with van der Waals surface area (Å²) in [7, 11) is 0. The predicted octanol–water partition coefficient (Wildman–Crippen LogP) is 1.75. The van der Waals surface area contributed by atoms with Crippen molar-refractivity contribution in [1.82, 2.24) is 4.90 Å². The molecule has 2 saturated heterocycles. The van der Waals surface area contributed by atoms with Gasteiger partial charge in [0.1, 0.15) is 6.29 Å². The Kier molecular flexibility index (Phi) is 3.08. The van der Waals surface area contributed by atoms with Crippen molar-refractivity contribution < 1.29 is 9.59 Å². The van der Waals surface area contributed by atoms with Crippen LogP contribution in [0.3, 0.4) is 0 Å². The van der Waals surface area contributed by atoms with Crippen LogP contribution < -0.4 is 0 Å². The van der Waals surface area contributed by atoms with Gasteiger partial charge in [0.2, 0.25) is 5.91 Å². The average Bonchev–Trinajstić information content (AvgIpc) is 2.17. The summed E-state index contributed by atoms with van der Waals surface area (Å²) in [5.74, 6) is 0.923. The van der Waals surface area contributed by atoms with E-state index in [0.29, 0.717) is 24.8 Å². The number of hydrogen-bond acceptors (Lipinski definition) is 2. The summed E-state index contributed by atoms with van der Waals surface area (Å²) in [6.07, 6.45) is 6.45. The number of carbonyl (C=O) groups is 2. The zero-order valence-corrected chi connectivity index (χ0v) is 9.32. The Morgan fingerprint density at radius 2 is 2.27 bits per heavy atom. The van der Waals surface area contributed by atoms with Gasteiger partial charge in [-0.1, -0.05) is 6.92 Å². The van der Waals surface area contributed by atoms with E-state index in [1.165, 1.54) is 0 Å². The molecular weight excluding hydrogens is 190 g/mol. The molecule has 0 bridgehead atoms. The highest BCUT2D eigenvalue weighted by Gasteiger charge is 2.38. The van der Waals surface area contributed by atoms with Crippen LogP contribution in [0.1, 0.15) is 45.4 Å². The highest BCUT2D eigenvalue weighted by Crippen LogP contribution is 2.34. The first kappa shape index (κ1) is 10.7. The third kappa shape index (κ3) is 2.06. The fourth-order valence-corrected chi connectivity index (χ4v) is 3.15. The minimum atomic E-state index is 0.184. The zero-order chi connectivity index (χ0) is 10.8. The molecule has 84 valence electrons. The SMILES string of the molecule is C[C@@H]1C[C@H](CC=O)N2C(=O)CCC[C@H]2C1. The lowest BCUT2D eigenvalue weighted by Crippen LogP contribution is -2.54. The molecule has 3 atom stereocenters. The lowest BCUT2D eigenvalue weighted by Gasteiger charge is -2.46. The van der Waals surface area contributed by atoms with Crippen LogP contribution in [0.4, 0.5) is 0 Å². The zero-order valence-electron chi connectivity index (χ0n) is 9.32. The summed E-state index contributed by atoms with van der Waals surface area (Å²) in [5.41, 5.74) is 0. The summed E-state index contributed by atoms with van der Waals surface area (Å²) < 4.78 is 0. The average molecular weight is 209 g/mol. The van der Waals surface area contributed by atoms with Crippen molar-refractivity contribution in [2.75, 3.05) is 0 Å². The van der Waals surface area contributed by atoms with Gasteiger partial charge in [-0.25, -0.2) is 0 Å². The standard InChI is InChI=1S/C12H19NO2/c1-9-7-10-3-2-4-12(15)13(10)11(8-9)5-6-14/h6,9-11H,2-5,7-8H2,1H3/t9-,10-,11-/m0/s1. The molecule has 2 fully saturated rings. The second-order valence-electron chi connectivity index (χ2n) is 4.98. The van der Waals surface area contributed by atoms with Crippen molar-refractivity contribution in [3.05, 3.63) is 0 Å². The molecule has 0 saturated carbocycles. The largest absolute Gasteiger partial charge is 0.336 e. The van der Waals surface area contributed by atoms with Gasteiger partial charge >= 0.3 is 0 Å². The number of carbonyl (C=O) groups excluding carboxylic acids is 2. The van der Waals surface area contributed by atoms with Crippen molar-refractivity contribution in [1.29, 1.82) is 0 Å². The molecule has 2 aliphatic rings. The molecule has 3 nitrogen and oxygen atoms in total. The molecule has 1 amide bonds. The van der Waals surface area contributed by atoms with Gasteiger partial charge in [-0.2, -0.15) is 0 Å². The molecule has 0 aliphatic carbocycles. The maximum absolute atomic E-state index is 11.8. The number of aldehydes is 1. The van der Waals surface area contributed by atoms with Crippen LogP contribution >= 0.6 is 0 Å². The van der Waals surface area contributed by atoms with Crippen LogP contribution in [0, 0.1) is 5.92 Å². The first-order chi connectivity index (χ1) is 7.22. The van der Waals surface area contributed by atoms with E-state index < -0.39 is 0 Å². The third-order valence-electron chi connectivity index (χ3n) is 3.72. The maximum Gasteiger partial charge on any atom is 0.223 e. The molecule has 3 heteroatoms. The van der Waals surface area contributed by atoms with Gasteiger partial charge in [0, 0.05) is 24.9 Å². The van der Waals surface area contributed by atoms with Crippen LogP contribution in [0.5, 0.6) is 0 Å². The normalized spacial score (nSPS) is 36.2. The summed E-state index contributed by atoms with van der Waals surface area (Å²) >= 11 is 0. The van der Waals surface area contributed by atoms with E-state index in [4.69, 9.17) is 0 Å². The number of nitrogens with zero attached hydrogens (tertiary/aromatic N) is 1. The van der Waals surface area contributed by atoms with Gasteiger partial charge in [0.25, 0.3) is 0 Å². The monoisotopic (exact) mass is 209 g/mol. The van der Waals surface area contributed by atoms with Crippen molar-refractivity contribution in [3.63, 3.8) is 0 Å².